The van der Waals surface area contributed by atoms with Crippen molar-refractivity contribution in [2.24, 2.45) is 0 Å². The van der Waals surface area contributed by atoms with Crippen LogP contribution in [0.25, 0.3) is 11.5 Å². The fourth-order valence-corrected chi connectivity index (χ4v) is 3.16. The van der Waals surface area contributed by atoms with E-state index in [1.54, 1.807) is 7.11 Å². The van der Waals surface area contributed by atoms with E-state index in [2.05, 4.69) is 25.7 Å². The lowest BCUT2D eigenvalue weighted by molar-refractivity contribution is 0.415. The molecule has 2 heterocycles. The van der Waals surface area contributed by atoms with E-state index in [1.807, 2.05) is 35.9 Å². The Kier molecular flexibility index (Phi) is 3.93. The zero-order valence-electron chi connectivity index (χ0n) is 13.3. The minimum Gasteiger partial charge on any atom is -0.497 e. The van der Waals surface area contributed by atoms with Crippen LogP contribution in [0.5, 0.6) is 5.75 Å². The largest absolute Gasteiger partial charge is 0.497 e. The van der Waals surface area contributed by atoms with Crippen LogP contribution >= 0.6 is 11.8 Å². The number of methoxy groups -OCH3 is 1. The zero-order chi connectivity index (χ0) is 16.5. The lowest BCUT2D eigenvalue weighted by Crippen LogP contribution is -2.00. The predicted molar refractivity (Wildman–Crippen MR) is 86.6 cm³/mol. The second-order valence-electron chi connectivity index (χ2n) is 5.57. The maximum Gasteiger partial charge on any atom is 0.247 e. The Morgan fingerprint density at radius 3 is 2.71 bits per heavy atom. The number of rotatable bonds is 6. The van der Waals surface area contributed by atoms with Crippen molar-refractivity contribution < 1.29 is 9.15 Å². The van der Waals surface area contributed by atoms with E-state index in [0.717, 1.165) is 29.3 Å². The first kappa shape index (κ1) is 15.1. The number of nitrogens with zero attached hydrogens (tertiary/aromatic N) is 6. The second-order valence-corrected chi connectivity index (χ2v) is 6.88. The number of benzene rings is 1. The Hall–Kier alpha value is -2.42. The van der Waals surface area contributed by atoms with Crippen LogP contribution in [-0.4, -0.2) is 37.5 Å². The van der Waals surface area contributed by atoms with E-state index >= 15 is 0 Å². The van der Waals surface area contributed by atoms with E-state index in [9.17, 15) is 0 Å². The van der Waals surface area contributed by atoms with Crippen LogP contribution in [0, 0.1) is 0 Å². The molecule has 1 aromatic carbocycles. The Morgan fingerprint density at radius 2 is 2.00 bits per heavy atom. The van der Waals surface area contributed by atoms with Crippen molar-refractivity contribution in [3.8, 4) is 17.2 Å². The lowest BCUT2D eigenvalue weighted by atomic mass is 10.2. The van der Waals surface area contributed by atoms with Gasteiger partial charge in [0.25, 0.3) is 0 Å². The summed E-state index contributed by atoms with van der Waals surface area (Å²) >= 11 is 1.52. The number of thioether (sulfide) groups is 1. The lowest BCUT2D eigenvalue weighted by Gasteiger charge is -2.06. The molecule has 0 bridgehead atoms. The SMILES string of the molecule is COc1ccc(-c2nnc(C(C)Sc3nnnn3C3CC3)o2)cc1. The van der Waals surface area contributed by atoms with Gasteiger partial charge in [0, 0.05) is 5.56 Å². The van der Waals surface area contributed by atoms with Gasteiger partial charge in [0.1, 0.15) is 5.75 Å². The van der Waals surface area contributed by atoms with Gasteiger partial charge in [-0.1, -0.05) is 11.8 Å². The summed E-state index contributed by atoms with van der Waals surface area (Å²) in [7, 11) is 1.63. The van der Waals surface area contributed by atoms with E-state index in [4.69, 9.17) is 9.15 Å². The number of aromatic nitrogens is 6. The number of hydrogen-bond acceptors (Lipinski definition) is 8. The monoisotopic (exact) mass is 344 g/mol. The molecule has 0 saturated heterocycles. The van der Waals surface area contributed by atoms with Crippen LogP contribution in [-0.2, 0) is 0 Å². The first-order valence-corrected chi connectivity index (χ1v) is 8.55. The highest BCUT2D eigenvalue weighted by Gasteiger charge is 2.29. The summed E-state index contributed by atoms with van der Waals surface area (Å²) in [6.07, 6.45) is 2.27. The quantitative estimate of drug-likeness (QED) is 0.630. The van der Waals surface area contributed by atoms with Crippen LogP contribution in [0.4, 0.5) is 0 Å². The molecule has 1 unspecified atom stereocenters. The highest BCUT2D eigenvalue weighted by Crippen LogP contribution is 2.40. The molecule has 124 valence electrons. The molecule has 0 radical (unpaired) electrons. The first-order valence-electron chi connectivity index (χ1n) is 7.67. The topological polar surface area (TPSA) is 91.8 Å². The number of hydrogen-bond donors (Lipinski definition) is 0. The van der Waals surface area contributed by atoms with Gasteiger partial charge in [-0.3, -0.25) is 0 Å². The van der Waals surface area contributed by atoms with E-state index in [0.29, 0.717) is 17.8 Å². The number of ether oxygens (including phenoxy) is 1. The molecular formula is C15H16N6O2S. The smallest absolute Gasteiger partial charge is 0.247 e. The normalized spacial score (nSPS) is 15.4. The standard InChI is InChI=1S/C15H16N6O2S/c1-9(24-15-18-19-20-21(15)11-5-6-11)13-16-17-14(23-13)10-3-7-12(22-2)8-4-10/h3-4,7-9,11H,5-6H2,1-2H3. The summed E-state index contributed by atoms with van der Waals surface area (Å²) in [6, 6.07) is 7.94. The van der Waals surface area contributed by atoms with Crippen molar-refractivity contribution in [2.45, 2.75) is 36.2 Å². The van der Waals surface area contributed by atoms with E-state index < -0.39 is 0 Å². The predicted octanol–water partition coefficient (Wildman–Crippen LogP) is 2.92. The Morgan fingerprint density at radius 1 is 1.21 bits per heavy atom. The fraction of sp³-hybridized carbons (Fsp3) is 0.400. The van der Waals surface area contributed by atoms with Crippen molar-refractivity contribution in [3.05, 3.63) is 30.2 Å². The molecule has 3 aromatic rings. The summed E-state index contributed by atoms with van der Waals surface area (Å²) in [6.45, 7) is 2.00. The van der Waals surface area contributed by atoms with Gasteiger partial charge in [0.15, 0.2) is 0 Å². The summed E-state index contributed by atoms with van der Waals surface area (Å²) in [5, 5.41) is 20.9. The molecule has 0 amide bonds. The summed E-state index contributed by atoms with van der Waals surface area (Å²) in [4.78, 5) is 0. The molecule has 1 atom stereocenters. The van der Waals surface area contributed by atoms with Crippen molar-refractivity contribution >= 4 is 11.8 Å². The molecule has 8 nitrogen and oxygen atoms in total. The van der Waals surface area contributed by atoms with Gasteiger partial charge >= 0.3 is 0 Å². The van der Waals surface area contributed by atoms with Crippen LogP contribution < -0.4 is 4.74 Å². The molecule has 2 aromatic heterocycles. The molecule has 0 aliphatic heterocycles. The Balaban J connectivity index is 1.49. The van der Waals surface area contributed by atoms with E-state index in [1.165, 1.54) is 11.8 Å². The molecule has 4 rings (SSSR count). The molecule has 1 fully saturated rings. The van der Waals surface area contributed by atoms with Crippen molar-refractivity contribution in [3.63, 3.8) is 0 Å². The van der Waals surface area contributed by atoms with Gasteiger partial charge in [0.05, 0.1) is 18.4 Å². The van der Waals surface area contributed by atoms with Crippen molar-refractivity contribution in [1.29, 1.82) is 0 Å². The molecule has 24 heavy (non-hydrogen) atoms. The average Bonchev–Trinajstić information content (AvgIpc) is 3.15. The Bertz CT molecular complexity index is 827. The molecule has 0 spiro atoms. The van der Waals surface area contributed by atoms with Crippen molar-refractivity contribution in [1.82, 2.24) is 30.4 Å². The molecule has 0 N–H and O–H groups in total. The highest BCUT2D eigenvalue weighted by molar-refractivity contribution is 7.99. The van der Waals surface area contributed by atoms with Gasteiger partial charge in [0.2, 0.25) is 16.9 Å². The van der Waals surface area contributed by atoms with Gasteiger partial charge < -0.3 is 9.15 Å². The van der Waals surface area contributed by atoms with Crippen LogP contribution in [0.2, 0.25) is 0 Å². The summed E-state index contributed by atoms with van der Waals surface area (Å²) < 4.78 is 12.8. The van der Waals surface area contributed by atoms with Crippen LogP contribution in [0.1, 0.15) is 36.9 Å². The summed E-state index contributed by atoms with van der Waals surface area (Å²) in [5.41, 5.74) is 0.856. The summed E-state index contributed by atoms with van der Waals surface area (Å²) in [5.74, 6) is 1.83. The van der Waals surface area contributed by atoms with Crippen molar-refractivity contribution in [2.75, 3.05) is 7.11 Å². The van der Waals surface area contributed by atoms with Gasteiger partial charge in [-0.05, 0) is 54.5 Å². The minimum absolute atomic E-state index is 0.0343. The third-order valence-electron chi connectivity index (χ3n) is 3.76. The second kappa shape index (κ2) is 6.23. The Labute approximate surface area is 142 Å². The maximum atomic E-state index is 5.81. The average molecular weight is 344 g/mol. The third-order valence-corrected chi connectivity index (χ3v) is 4.80. The van der Waals surface area contributed by atoms with E-state index in [-0.39, 0.29) is 5.25 Å². The van der Waals surface area contributed by atoms with Gasteiger partial charge in [-0.2, -0.15) is 0 Å². The van der Waals surface area contributed by atoms with Gasteiger partial charge in [-0.25, -0.2) is 4.68 Å². The minimum atomic E-state index is -0.0343. The molecule has 9 heteroatoms. The van der Waals surface area contributed by atoms with Crippen LogP contribution in [0.3, 0.4) is 0 Å². The third kappa shape index (κ3) is 2.99. The molecular weight excluding hydrogens is 328 g/mol. The highest BCUT2D eigenvalue weighted by atomic mass is 32.2. The maximum absolute atomic E-state index is 5.81. The van der Waals surface area contributed by atoms with Gasteiger partial charge in [-0.15, -0.1) is 15.3 Å². The molecule has 1 aliphatic rings. The first-order chi connectivity index (χ1) is 11.7. The van der Waals surface area contributed by atoms with Crippen LogP contribution in [0.15, 0.2) is 33.8 Å². The number of tetrazole rings is 1. The zero-order valence-corrected chi connectivity index (χ0v) is 14.1. The molecule has 1 aliphatic carbocycles. The fourth-order valence-electron chi connectivity index (χ4n) is 2.27. The molecule has 1 saturated carbocycles.